The zero-order valence-electron chi connectivity index (χ0n) is 12.6. The molecule has 0 bridgehead atoms. The summed E-state index contributed by atoms with van der Waals surface area (Å²) < 4.78 is 10.4. The molecule has 2 amide bonds. The number of hydrogen-bond donors (Lipinski definition) is 0. The Kier molecular flexibility index (Phi) is 3.24. The number of carbonyl (C=O) groups excluding carboxylic acids is 2. The smallest absolute Gasteiger partial charge is 0.259 e. The van der Waals surface area contributed by atoms with Gasteiger partial charge in [0.15, 0.2) is 0 Å². The second kappa shape index (κ2) is 4.84. The zero-order chi connectivity index (χ0) is 15.3. The van der Waals surface area contributed by atoms with Crippen LogP contribution in [0.1, 0.15) is 21.8 Å². The number of hydrogen-bond acceptors (Lipinski definition) is 5. The molecule has 2 saturated heterocycles. The van der Waals surface area contributed by atoms with E-state index in [-0.39, 0.29) is 23.8 Å². The summed E-state index contributed by atoms with van der Waals surface area (Å²) in [6.07, 6.45) is -0.456. The first-order valence-electron chi connectivity index (χ1n) is 6.97. The normalized spacial score (nSPS) is 28.4. The number of amides is 2. The van der Waals surface area contributed by atoms with Crippen LogP contribution >= 0.6 is 0 Å². The maximum atomic E-state index is 12.6. The van der Waals surface area contributed by atoms with Crippen molar-refractivity contribution in [2.75, 3.05) is 27.2 Å². The predicted octanol–water partition coefficient (Wildman–Crippen LogP) is 0.219. The summed E-state index contributed by atoms with van der Waals surface area (Å²) in [6, 6.07) is 0.0203. The number of methoxy groups -OCH3 is 1. The molecule has 0 aliphatic carbocycles. The van der Waals surface area contributed by atoms with Crippen LogP contribution in [0.15, 0.2) is 4.52 Å². The van der Waals surface area contributed by atoms with Crippen LogP contribution in [-0.4, -0.2) is 66.2 Å². The van der Waals surface area contributed by atoms with Crippen molar-refractivity contribution >= 4 is 11.8 Å². The van der Waals surface area contributed by atoms with E-state index in [1.165, 1.54) is 7.11 Å². The Morgan fingerprint density at radius 1 is 1.38 bits per heavy atom. The minimum Gasteiger partial charge on any atom is -0.371 e. The third-order valence-corrected chi connectivity index (χ3v) is 4.60. The SMILES string of the molecule is CO[C@@H]1C(=O)N(C)[C@@H]2CN(C(=O)c3c(C)noc3C)C[C@H]12. The van der Waals surface area contributed by atoms with E-state index in [0.29, 0.717) is 30.1 Å². The minimum absolute atomic E-state index is 0.00284. The highest BCUT2D eigenvalue weighted by Crippen LogP contribution is 2.34. The van der Waals surface area contributed by atoms with E-state index in [1.54, 1.807) is 30.7 Å². The Morgan fingerprint density at radius 3 is 2.67 bits per heavy atom. The van der Waals surface area contributed by atoms with Crippen LogP contribution in [-0.2, 0) is 9.53 Å². The van der Waals surface area contributed by atoms with Gasteiger partial charge in [-0.1, -0.05) is 5.16 Å². The molecule has 0 N–H and O–H groups in total. The second-order valence-electron chi connectivity index (χ2n) is 5.75. The summed E-state index contributed by atoms with van der Waals surface area (Å²) in [7, 11) is 3.31. The van der Waals surface area contributed by atoms with Gasteiger partial charge in [0.1, 0.15) is 17.4 Å². The summed E-state index contributed by atoms with van der Waals surface area (Å²) in [5.41, 5.74) is 1.13. The van der Waals surface area contributed by atoms with Gasteiger partial charge in [0.05, 0.1) is 11.7 Å². The van der Waals surface area contributed by atoms with Crippen molar-refractivity contribution in [1.29, 1.82) is 0 Å². The number of likely N-dealkylation sites (tertiary alicyclic amines) is 2. The van der Waals surface area contributed by atoms with E-state index >= 15 is 0 Å². The van der Waals surface area contributed by atoms with E-state index in [0.717, 1.165) is 0 Å². The predicted molar refractivity (Wildman–Crippen MR) is 72.7 cm³/mol. The summed E-state index contributed by atoms with van der Waals surface area (Å²) in [5, 5.41) is 3.83. The van der Waals surface area contributed by atoms with Gasteiger partial charge in [-0.3, -0.25) is 9.59 Å². The lowest BCUT2D eigenvalue weighted by molar-refractivity contribution is -0.136. The van der Waals surface area contributed by atoms with Crippen LogP contribution < -0.4 is 0 Å². The average Bonchev–Trinajstić information content (AvgIpc) is 3.08. The Balaban J connectivity index is 1.82. The molecule has 7 heteroatoms. The molecule has 0 aromatic carbocycles. The molecule has 1 aromatic rings. The van der Waals surface area contributed by atoms with Crippen LogP contribution in [0, 0.1) is 19.8 Å². The number of nitrogens with zero attached hydrogens (tertiary/aromatic N) is 3. The maximum absolute atomic E-state index is 12.6. The lowest BCUT2D eigenvalue weighted by Crippen LogP contribution is -2.39. The molecule has 7 nitrogen and oxygen atoms in total. The van der Waals surface area contributed by atoms with E-state index in [9.17, 15) is 9.59 Å². The van der Waals surface area contributed by atoms with Crippen molar-refractivity contribution in [3.63, 3.8) is 0 Å². The fourth-order valence-corrected chi connectivity index (χ4v) is 3.45. The fourth-order valence-electron chi connectivity index (χ4n) is 3.45. The van der Waals surface area contributed by atoms with Gasteiger partial charge in [0.25, 0.3) is 11.8 Å². The first kappa shape index (κ1) is 14.1. The van der Waals surface area contributed by atoms with Crippen molar-refractivity contribution in [2.45, 2.75) is 26.0 Å². The molecule has 2 fully saturated rings. The molecule has 21 heavy (non-hydrogen) atoms. The van der Waals surface area contributed by atoms with Gasteiger partial charge in [0.2, 0.25) is 0 Å². The van der Waals surface area contributed by atoms with Crippen LogP contribution in [0.4, 0.5) is 0 Å². The number of carbonyl (C=O) groups is 2. The monoisotopic (exact) mass is 293 g/mol. The van der Waals surface area contributed by atoms with Gasteiger partial charge in [0, 0.05) is 33.2 Å². The van der Waals surface area contributed by atoms with Crippen molar-refractivity contribution in [3.8, 4) is 0 Å². The number of ether oxygens (including phenoxy) is 1. The van der Waals surface area contributed by atoms with Crippen LogP contribution in [0.25, 0.3) is 0 Å². The summed E-state index contributed by atoms with van der Waals surface area (Å²) in [4.78, 5) is 28.1. The van der Waals surface area contributed by atoms with E-state index < -0.39 is 6.10 Å². The molecular formula is C14H19N3O4. The van der Waals surface area contributed by atoms with Gasteiger partial charge in [-0.2, -0.15) is 0 Å². The molecule has 1 aromatic heterocycles. The minimum atomic E-state index is -0.456. The molecule has 2 aliphatic rings. The van der Waals surface area contributed by atoms with Crippen molar-refractivity contribution in [3.05, 3.63) is 17.0 Å². The largest absolute Gasteiger partial charge is 0.371 e. The quantitative estimate of drug-likeness (QED) is 0.779. The Bertz CT molecular complexity index is 578. The average molecular weight is 293 g/mol. The summed E-state index contributed by atoms with van der Waals surface area (Å²) in [6.45, 7) is 4.53. The number of fused-ring (bicyclic) bond motifs is 1. The van der Waals surface area contributed by atoms with Gasteiger partial charge in [-0.25, -0.2) is 0 Å². The molecule has 0 radical (unpaired) electrons. The van der Waals surface area contributed by atoms with Gasteiger partial charge in [-0.15, -0.1) is 0 Å². The van der Waals surface area contributed by atoms with Crippen molar-refractivity contribution in [1.82, 2.24) is 15.0 Å². The molecule has 3 atom stereocenters. The lowest BCUT2D eigenvalue weighted by Gasteiger charge is -2.21. The standard InChI is InChI=1S/C14H19N3O4/c1-7-11(8(2)21-15-7)13(18)17-5-9-10(6-17)16(3)14(19)12(9)20-4/h9-10,12H,5-6H2,1-4H3/t9-,10+,12-/m0/s1. The molecular weight excluding hydrogens is 274 g/mol. The van der Waals surface area contributed by atoms with Gasteiger partial charge < -0.3 is 19.1 Å². The van der Waals surface area contributed by atoms with E-state index in [4.69, 9.17) is 9.26 Å². The van der Waals surface area contributed by atoms with Crippen molar-refractivity contribution in [2.24, 2.45) is 5.92 Å². The van der Waals surface area contributed by atoms with Crippen LogP contribution in [0.5, 0.6) is 0 Å². The number of likely N-dealkylation sites (N-methyl/N-ethyl adjacent to an activating group) is 1. The first-order valence-corrected chi connectivity index (χ1v) is 6.97. The maximum Gasteiger partial charge on any atom is 0.259 e. The number of aryl methyl sites for hydroxylation is 2. The Labute approximate surface area is 122 Å². The number of rotatable bonds is 2. The van der Waals surface area contributed by atoms with Crippen LogP contribution in [0.3, 0.4) is 0 Å². The van der Waals surface area contributed by atoms with E-state index in [1.807, 2.05) is 0 Å². The van der Waals surface area contributed by atoms with Crippen LogP contribution in [0.2, 0.25) is 0 Å². The molecule has 3 rings (SSSR count). The third-order valence-electron chi connectivity index (χ3n) is 4.60. The highest BCUT2D eigenvalue weighted by Gasteiger charge is 2.52. The summed E-state index contributed by atoms with van der Waals surface area (Å²) >= 11 is 0. The lowest BCUT2D eigenvalue weighted by atomic mass is 10.0. The molecule has 114 valence electrons. The molecule has 0 spiro atoms. The fraction of sp³-hybridized carbons (Fsp3) is 0.643. The van der Waals surface area contributed by atoms with Crippen molar-refractivity contribution < 1.29 is 18.8 Å². The Morgan fingerprint density at radius 2 is 2.10 bits per heavy atom. The summed E-state index contributed by atoms with van der Waals surface area (Å²) in [5.74, 6) is 0.465. The molecule has 3 heterocycles. The zero-order valence-corrected chi connectivity index (χ0v) is 12.6. The molecule has 2 aliphatic heterocycles. The first-order chi connectivity index (χ1) is 9.95. The van der Waals surface area contributed by atoms with Gasteiger partial charge in [-0.05, 0) is 13.8 Å². The highest BCUT2D eigenvalue weighted by molar-refractivity contribution is 5.96. The Hall–Kier alpha value is -1.89. The number of aromatic nitrogens is 1. The molecule has 0 saturated carbocycles. The van der Waals surface area contributed by atoms with E-state index in [2.05, 4.69) is 5.16 Å². The second-order valence-corrected chi connectivity index (χ2v) is 5.75. The highest BCUT2D eigenvalue weighted by atomic mass is 16.5. The molecule has 0 unspecified atom stereocenters. The third kappa shape index (κ3) is 1.95. The van der Waals surface area contributed by atoms with Gasteiger partial charge >= 0.3 is 0 Å². The topological polar surface area (TPSA) is 75.9 Å².